The molecule has 1 aromatic heterocycles. The molecular formula is C15H21BrN2O2. The number of aromatic nitrogens is 1. The lowest BCUT2D eigenvalue weighted by Gasteiger charge is -2.39. The van der Waals surface area contributed by atoms with Crippen molar-refractivity contribution in [3.63, 3.8) is 0 Å². The Morgan fingerprint density at radius 3 is 2.55 bits per heavy atom. The van der Waals surface area contributed by atoms with E-state index in [0.717, 1.165) is 49.2 Å². The molecule has 0 bridgehead atoms. The minimum absolute atomic E-state index is 0.278. The highest BCUT2D eigenvalue weighted by atomic mass is 79.9. The molecule has 0 N–H and O–H groups in total. The first-order valence-corrected chi connectivity index (χ1v) is 8.02. The Kier molecular flexibility index (Phi) is 4.02. The molecule has 2 heterocycles. The summed E-state index contributed by atoms with van der Waals surface area (Å²) in [6.45, 7) is 3.60. The Morgan fingerprint density at radius 1 is 1.30 bits per heavy atom. The molecule has 0 unspecified atom stereocenters. The number of hydrogen-bond donors (Lipinski definition) is 0. The van der Waals surface area contributed by atoms with Crippen LogP contribution in [-0.2, 0) is 9.47 Å². The molecule has 1 saturated heterocycles. The van der Waals surface area contributed by atoms with Gasteiger partial charge in [0.1, 0.15) is 5.82 Å². The number of anilines is 1. The molecule has 0 radical (unpaired) electrons. The molecule has 1 aliphatic heterocycles. The molecule has 5 heteroatoms. The average Bonchev–Trinajstić information content (AvgIpc) is 2.87. The highest BCUT2D eigenvalue weighted by molar-refractivity contribution is 9.10. The molecule has 1 spiro atoms. The summed E-state index contributed by atoms with van der Waals surface area (Å²) in [5, 5.41) is 0. The van der Waals surface area contributed by atoms with Gasteiger partial charge in [-0.2, -0.15) is 0 Å². The summed E-state index contributed by atoms with van der Waals surface area (Å²) in [5.74, 6) is 0.793. The van der Waals surface area contributed by atoms with E-state index in [2.05, 4.69) is 45.9 Å². The van der Waals surface area contributed by atoms with Gasteiger partial charge >= 0.3 is 0 Å². The fraction of sp³-hybridized carbons (Fsp3) is 0.667. The molecule has 2 fully saturated rings. The van der Waals surface area contributed by atoms with Gasteiger partial charge in [0.15, 0.2) is 5.79 Å². The quantitative estimate of drug-likeness (QED) is 0.827. The molecule has 1 aliphatic carbocycles. The number of ether oxygens (including phenoxy) is 2. The molecule has 110 valence electrons. The monoisotopic (exact) mass is 340 g/mol. The van der Waals surface area contributed by atoms with Crippen LogP contribution in [0.4, 0.5) is 5.82 Å². The van der Waals surface area contributed by atoms with Crippen LogP contribution in [0, 0.1) is 6.92 Å². The minimum Gasteiger partial charge on any atom is -0.356 e. The third-order valence-electron chi connectivity index (χ3n) is 4.43. The van der Waals surface area contributed by atoms with Crippen molar-refractivity contribution in [2.45, 2.75) is 44.4 Å². The van der Waals surface area contributed by atoms with Crippen molar-refractivity contribution in [2.24, 2.45) is 0 Å². The molecule has 0 amide bonds. The maximum Gasteiger partial charge on any atom is 0.168 e. The highest BCUT2D eigenvalue weighted by Gasteiger charge is 2.41. The number of rotatable bonds is 2. The van der Waals surface area contributed by atoms with Crippen LogP contribution < -0.4 is 4.90 Å². The van der Waals surface area contributed by atoms with Crippen LogP contribution in [0.2, 0.25) is 0 Å². The number of pyridine rings is 1. The van der Waals surface area contributed by atoms with Gasteiger partial charge in [-0.25, -0.2) is 4.98 Å². The fourth-order valence-corrected chi connectivity index (χ4v) is 3.74. The van der Waals surface area contributed by atoms with Crippen LogP contribution in [0.15, 0.2) is 16.7 Å². The van der Waals surface area contributed by atoms with E-state index in [9.17, 15) is 0 Å². The second-order valence-electron chi connectivity index (χ2n) is 5.74. The Hall–Kier alpha value is -0.650. The van der Waals surface area contributed by atoms with Crippen molar-refractivity contribution in [3.05, 3.63) is 22.3 Å². The molecule has 3 rings (SSSR count). The summed E-state index contributed by atoms with van der Waals surface area (Å²) in [6.07, 6.45) is 6.02. The summed E-state index contributed by atoms with van der Waals surface area (Å²) in [4.78, 5) is 6.87. The van der Waals surface area contributed by atoms with Gasteiger partial charge in [0, 0.05) is 36.6 Å². The molecule has 1 aromatic rings. The predicted molar refractivity (Wildman–Crippen MR) is 82.0 cm³/mol. The smallest absolute Gasteiger partial charge is 0.168 e. The van der Waals surface area contributed by atoms with E-state index in [0.29, 0.717) is 6.04 Å². The Balaban J connectivity index is 1.68. The first-order valence-electron chi connectivity index (χ1n) is 7.23. The van der Waals surface area contributed by atoms with E-state index in [1.54, 1.807) is 0 Å². The van der Waals surface area contributed by atoms with Crippen LogP contribution in [-0.4, -0.2) is 37.1 Å². The number of aryl methyl sites for hydroxylation is 1. The van der Waals surface area contributed by atoms with Gasteiger partial charge in [-0.1, -0.05) is 0 Å². The highest BCUT2D eigenvalue weighted by Crippen LogP contribution is 2.38. The predicted octanol–water partition coefficient (Wildman–Crippen LogP) is 3.27. The fourth-order valence-electron chi connectivity index (χ4n) is 3.29. The van der Waals surface area contributed by atoms with Crippen LogP contribution in [0.3, 0.4) is 0 Å². The van der Waals surface area contributed by atoms with E-state index in [1.807, 2.05) is 6.20 Å². The topological polar surface area (TPSA) is 34.6 Å². The first kappa shape index (κ1) is 14.3. The minimum atomic E-state index is -0.278. The lowest BCUT2D eigenvalue weighted by atomic mass is 9.89. The van der Waals surface area contributed by atoms with Crippen LogP contribution >= 0.6 is 15.9 Å². The standard InChI is InChI=1S/C15H21BrN2O2/c1-11-9-12(16)10-17-14(11)18(2)13-3-5-15(6-4-13)19-7-8-20-15/h9-10,13H,3-8H2,1-2H3. The maximum atomic E-state index is 5.79. The molecule has 4 nitrogen and oxygen atoms in total. The Labute approximate surface area is 128 Å². The summed E-state index contributed by atoms with van der Waals surface area (Å²) in [6, 6.07) is 2.63. The van der Waals surface area contributed by atoms with Gasteiger partial charge in [0.25, 0.3) is 0 Å². The van der Waals surface area contributed by atoms with Crippen LogP contribution in [0.25, 0.3) is 0 Å². The van der Waals surface area contributed by atoms with E-state index in [1.165, 1.54) is 5.56 Å². The third kappa shape index (κ3) is 2.71. The number of halogens is 1. The normalized spacial score (nSPS) is 22.4. The van der Waals surface area contributed by atoms with Gasteiger partial charge in [0.05, 0.1) is 13.2 Å². The van der Waals surface area contributed by atoms with Gasteiger partial charge in [-0.15, -0.1) is 0 Å². The zero-order chi connectivity index (χ0) is 14.2. The largest absolute Gasteiger partial charge is 0.356 e. The van der Waals surface area contributed by atoms with Crippen molar-refractivity contribution in [1.29, 1.82) is 0 Å². The second kappa shape index (κ2) is 5.62. The van der Waals surface area contributed by atoms with Gasteiger partial charge < -0.3 is 14.4 Å². The lowest BCUT2D eigenvalue weighted by molar-refractivity contribution is -0.178. The Bertz CT molecular complexity index is 479. The maximum absolute atomic E-state index is 5.79. The van der Waals surface area contributed by atoms with E-state index < -0.39 is 0 Å². The molecular weight excluding hydrogens is 320 g/mol. The summed E-state index contributed by atoms with van der Waals surface area (Å²) >= 11 is 3.47. The van der Waals surface area contributed by atoms with E-state index in [4.69, 9.17) is 9.47 Å². The van der Waals surface area contributed by atoms with Crippen molar-refractivity contribution in [3.8, 4) is 0 Å². The van der Waals surface area contributed by atoms with Crippen LogP contribution in [0.1, 0.15) is 31.2 Å². The lowest BCUT2D eigenvalue weighted by Crippen LogP contribution is -2.43. The number of nitrogens with zero attached hydrogens (tertiary/aromatic N) is 2. The van der Waals surface area contributed by atoms with Gasteiger partial charge in [-0.3, -0.25) is 0 Å². The summed E-state index contributed by atoms with van der Waals surface area (Å²) in [7, 11) is 2.14. The first-order chi connectivity index (χ1) is 9.60. The third-order valence-corrected chi connectivity index (χ3v) is 4.86. The summed E-state index contributed by atoms with van der Waals surface area (Å²) in [5.41, 5.74) is 1.20. The number of hydrogen-bond acceptors (Lipinski definition) is 4. The molecule has 1 saturated carbocycles. The zero-order valence-corrected chi connectivity index (χ0v) is 13.6. The van der Waals surface area contributed by atoms with Crippen molar-refractivity contribution in [1.82, 2.24) is 4.98 Å². The molecule has 0 aromatic carbocycles. The van der Waals surface area contributed by atoms with E-state index >= 15 is 0 Å². The zero-order valence-electron chi connectivity index (χ0n) is 12.1. The Morgan fingerprint density at radius 2 is 1.95 bits per heavy atom. The summed E-state index contributed by atoms with van der Waals surface area (Å²) < 4.78 is 12.6. The van der Waals surface area contributed by atoms with Gasteiger partial charge in [-0.05, 0) is 47.3 Å². The van der Waals surface area contributed by atoms with Crippen molar-refractivity contribution >= 4 is 21.7 Å². The van der Waals surface area contributed by atoms with Crippen molar-refractivity contribution < 1.29 is 9.47 Å². The molecule has 20 heavy (non-hydrogen) atoms. The van der Waals surface area contributed by atoms with Crippen molar-refractivity contribution in [2.75, 3.05) is 25.2 Å². The average molecular weight is 341 g/mol. The van der Waals surface area contributed by atoms with E-state index in [-0.39, 0.29) is 5.79 Å². The molecule has 2 aliphatic rings. The molecule has 0 atom stereocenters. The van der Waals surface area contributed by atoms with Crippen LogP contribution in [0.5, 0.6) is 0 Å². The second-order valence-corrected chi connectivity index (χ2v) is 6.66. The van der Waals surface area contributed by atoms with Gasteiger partial charge in [0.2, 0.25) is 0 Å². The SMILES string of the molecule is Cc1cc(Br)cnc1N(C)C1CCC2(CC1)OCCO2.